The van der Waals surface area contributed by atoms with Crippen LogP contribution in [0.2, 0.25) is 0 Å². The average Bonchev–Trinajstić information content (AvgIpc) is 1.31. The van der Waals surface area contributed by atoms with E-state index in [9.17, 15) is 8.76 Å². The van der Waals surface area contributed by atoms with Crippen molar-refractivity contribution in [3.63, 3.8) is 0 Å². The summed E-state index contributed by atoms with van der Waals surface area (Å²) in [6.45, 7) is 0. The Hall–Kier alpha value is 0.650. The van der Waals surface area contributed by atoms with Crippen LogP contribution in [0, 0.1) is 0 Å². The molecular weight excluding hydrogens is 161 g/mol. The largest absolute Gasteiger partial charge is 0.769 e. The third-order valence-electron chi connectivity index (χ3n) is 0.222. The van der Waals surface area contributed by atoms with Crippen molar-refractivity contribution in [3.05, 3.63) is 0 Å². The van der Waals surface area contributed by atoms with Crippen molar-refractivity contribution < 1.29 is 8.76 Å². The van der Waals surface area contributed by atoms with Crippen LogP contribution in [-0.2, 0) is 11.1 Å². The van der Waals surface area contributed by atoms with Crippen molar-refractivity contribution in [2.24, 2.45) is 5.73 Å². The Balaban J connectivity index is 3.79. The first-order valence-electron chi connectivity index (χ1n) is 1.20. The molecule has 0 spiro atoms. The zero-order valence-electron chi connectivity index (χ0n) is 3.06. The van der Waals surface area contributed by atoms with Crippen molar-refractivity contribution >= 4 is 34.3 Å². The van der Waals surface area contributed by atoms with Crippen LogP contribution in [0.15, 0.2) is 0 Å². The van der Waals surface area contributed by atoms with Gasteiger partial charge in [0.25, 0.3) is 0 Å². The van der Waals surface area contributed by atoms with E-state index >= 15 is 0 Å². The summed E-state index contributed by atoms with van der Waals surface area (Å²) in [5.41, 5.74) is 4.60. The zero-order chi connectivity index (χ0) is 6.08. The third-order valence-corrected chi connectivity index (χ3v) is 1.42. The Morgan fingerprint density at radius 1 is 1.71 bits per heavy atom. The van der Waals surface area contributed by atoms with Gasteiger partial charge in [-0.3, -0.25) is 9.94 Å². The molecule has 44 valence electrons. The van der Waals surface area contributed by atoms with Gasteiger partial charge in [-0.25, -0.2) is 0 Å². The van der Waals surface area contributed by atoms with Crippen molar-refractivity contribution in [3.8, 4) is 0 Å². The summed E-state index contributed by atoms with van der Waals surface area (Å²) in [7, 11) is 0. The summed E-state index contributed by atoms with van der Waals surface area (Å²) in [6.07, 6.45) is 0. The third kappa shape index (κ3) is 3.25. The van der Waals surface area contributed by atoms with Crippen molar-refractivity contribution in [2.45, 2.75) is 3.79 Å². The van der Waals surface area contributed by atoms with Gasteiger partial charge >= 0.3 is 0 Å². The summed E-state index contributed by atoms with van der Waals surface area (Å²) < 4.78 is 17.1. The van der Waals surface area contributed by atoms with E-state index in [4.69, 9.17) is 23.2 Å². The van der Waals surface area contributed by atoms with Gasteiger partial charge in [0.1, 0.15) is 0 Å². The highest BCUT2D eigenvalue weighted by atomic mass is 35.5. The molecule has 0 amide bonds. The lowest BCUT2D eigenvalue weighted by Crippen LogP contribution is -2.30. The first-order valence-corrected chi connectivity index (χ1v) is 3.03. The van der Waals surface area contributed by atoms with Crippen molar-refractivity contribution in [1.82, 2.24) is 0 Å². The number of hydrogen-bond acceptors (Lipinski definition) is 3. The summed E-state index contributed by atoms with van der Waals surface area (Å²) in [6, 6.07) is 0. The monoisotopic (exact) mass is 162 g/mol. The molecule has 3 nitrogen and oxygen atoms in total. The van der Waals surface area contributed by atoms with E-state index in [-0.39, 0.29) is 0 Å². The van der Waals surface area contributed by atoms with Gasteiger partial charge in [-0.15, -0.1) is 0 Å². The highest BCUT2D eigenvalue weighted by Gasteiger charge is 2.16. The van der Waals surface area contributed by atoms with Gasteiger partial charge < -0.3 is 4.55 Å². The number of hydrogen-bond donors (Lipinski definition) is 1. The Morgan fingerprint density at radius 2 is 1.86 bits per heavy atom. The van der Waals surface area contributed by atoms with E-state index in [1.807, 2.05) is 0 Å². The minimum Gasteiger partial charge on any atom is -0.769 e. The molecule has 0 bridgehead atoms. The molecular formula is CH2Cl2NO2S-. The van der Waals surface area contributed by atoms with E-state index in [1.54, 1.807) is 0 Å². The minimum absolute atomic E-state index is 2.14. The quantitative estimate of drug-likeness (QED) is 0.333. The molecule has 0 aliphatic carbocycles. The van der Waals surface area contributed by atoms with E-state index < -0.39 is 14.9 Å². The standard InChI is InChI=1S/CH3Cl2NO2S/c2-1(3,4)7(5)6/h4H2,(H,5,6)/p-1. The van der Waals surface area contributed by atoms with Crippen LogP contribution in [0.4, 0.5) is 0 Å². The maximum Gasteiger partial charge on any atom is 0.229 e. The smallest absolute Gasteiger partial charge is 0.229 e. The first-order chi connectivity index (χ1) is 2.94. The van der Waals surface area contributed by atoms with Gasteiger partial charge in [0, 0.05) is 0 Å². The number of rotatable bonds is 1. The lowest BCUT2D eigenvalue weighted by atomic mass is 11.5. The topological polar surface area (TPSA) is 66.2 Å². The molecule has 0 rings (SSSR count). The summed E-state index contributed by atoms with van der Waals surface area (Å²) in [5.74, 6) is 0. The lowest BCUT2D eigenvalue weighted by Gasteiger charge is -2.14. The lowest BCUT2D eigenvalue weighted by molar-refractivity contribution is 0.530. The van der Waals surface area contributed by atoms with Gasteiger partial charge in [0.05, 0.1) is 0 Å². The van der Waals surface area contributed by atoms with Crippen LogP contribution < -0.4 is 5.73 Å². The minimum atomic E-state index is -2.62. The maximum absolute atomic E-state index is 9.63. The molecule has 0 aliphatic heterocycles. The van der Waals surface area contributed by atoms with Crippen LogP contribution in [0.3, 0.4) is 0 Å². The molecule has 0 radical (unpaired) electrons. The molecule has 2 N–H and O–H groups in total. The molecule has 6 heteroatoms. The number of nitrogens with two attached hydrogens (primary N) is 1. The van der Waals surface area contributed by atoms with E-state index in [0.717, 1.165) is 0 Å². The van der Waals surface area contributed by atoms with E-state index in [1.165, 1.54) is 0 Å². The summed E-state index contributed by atoms with van der Waals surface area (Å²) >= 11 is 6.97. The average molecular weight is 163 g/mol. The van der Waals surface area contributed by atoms with Crippen LogP contribution in [0.25, 0.3) is 0 Å². The van der Waals surface area contributed by atoms with Gasteiger partial charge in [-0.1, -0.05) is 23.2 Å². The van der Waals surface area contributed by atoms with Crippen LogP contribution in [0.1, 0.15) is 0 Å². The van der Waals surface area contributed by atoms with Gasteiger partial charge in [-0.05, 0) is 11.1 Å². The Kier molecular flexibility index (Phi) is 2.49. The maximum atomic E-state index is 9.63. The van der Waals surface area contributed by atoms with Crippen molar-refractivity contribution in [1.29, 1.82) is 0 Å². The van der Waals surface area contributed by atoms with Gasteiger partial charge in [0.2, 0.25) is 3.79 Å². The Bertz CT molecular complexity index is 88.2. The SMILES string of the molecule is NC(Cl)(Cl)S(=O)[O-]. The fraction of sp³-hybridized carbons (Fsp3) is 1.00. The Labute approximate surface area is 53.1 Å². The summed E-state index contributed by atoms with van der Waals surface area (Å²) in [4.78, 5) is 0. The second-order valence-electron chi connectivity index (χ2n) is 0.797. The van der Waals surface area contributed by atoms with Crippen molar-refractivity contribution in [2.75, 3.05) is 0 Å². The fourth-order valence-corrected chi connectivity index (χ4v) is 0. The molecule has 0 aromatic carbocycles. The number of halogens is 2. The molecule has 0 saturated heterocycles. The predicted octanol–water partition coefficient (Wildman–Crippen LogP) is -0.0869. The van der Waals surface area contributed by atoms with Gasteiger partial charge in [-0.2, -0.15) is 0 Å². The molecule has 0 aromatic heterocycles. The van der Waals surface area contributed by atoms with Gasteiger partial charge in [0.15, 0.2) is 0 Å². The number of alkyl halides is 2. The second-order valence-corrected chi connectivity index (χ2v) is 3.74. The van der Waals surface area contributed by atoms with E-state index in [2.05, 4.69) is 5.73 Å². The Morgan fingerprint density at radius 3 is 1.86 bits per heavy atom. The van der Waals surface area contributed by atoms with Crippen LogP contribution >= 0.6 is 23.2 Å². The summed E-state index contributed by atoms with van der Waals surface area (Å²) in [5, 5.41) is 0. The first kappa shape index (κ1) is 7.65. The van der Waals surface area contributed by atoms with Crippen LogP contribution in [0.5, 0.6) is 0 Å². The molecule has 0 fully saturated rings. The fourth-order valence-electron chi connectivity index (χ4n) is 0. The second kappa shape index (κ2) is 2.28. The molecule has 0 heterocycles. The predicted molar refractivity (Wildman–Crippen MR) is 27.5 cm³/mol. The zero-order valence-corrected chi connectivity index (χ0v) is 5.39. The highest BCUT2D eigenvalue weighted by molar-refractivity contribution is 7.83. The van der Waals surface area contributed by atoms with Crippen LogP contribution in [-0.4, -0.2) is 12.6 Å². The highest BCUT2D eigenvalue weighted by Crippen LogP contribution is 2.14. The normalized spacial score (nSPS) is 16.6. The molecule has 0 aliphatic rings. The molecule has 0 aromatic rings. The molecule has 7 heavy (non-hydrogen) atoms. The van der Waals surface area contributed by atoms with E-state index in [0.29, 0.717) is 0 Å². The molecule has 1 unspecified atom stereocenters. The molecule has 0 saturated carbocycles. The molecule has 1 atom stereocenters.